The van der Waals surface area contributed by atoms with Crippen LogP contribution in [-0.2, 0) is 12.0 Å². The van der Waals surface area contributed by atoms with Crippen LogP contribution >= 0.6 is 11.6 Å². The van der Waals surface area contributed by atoms with E-state index in [1.165, 1.54) is 11.6 Å². The summed E-state index contributed by atoms with van der Waals surface area (Å²) in [6.45, 7) is 5.77. The van der Waals surface area contributed by atoms with E-state index in [2.05, 4.69) is 16.3 Å². The van der Waals surface area contributed by atoms with Gasteiger partial charge in [-0.1, -0.05) is 23.7 Å². The molecule has 0 aliphatic carbocycles. The van der Waals surface area contributed by atoms with E-state index < -0.39 is 0 Å². The number of benzene rings is 2. The first-order valence-corrected chi connectivity index (χ1v) is 10.2. The summed E-state index contributed by atoms with van der Waals surface area (Å²) in [5, 5.41) is 3.64. The smallest absolute Gasteiger partial charge is 0.321 e. The highest BCUT2D eigenvalue weighted by atomic mass is 35.5. The van der Waals surface area contributed by atoms with Crippen molar-refractivity contribution in [3.8, 4) is 0 Å². The molecule has 0 saturated carbocycles. The topological polar surface area (TPSA) is 35.6 Å². The average molecular weight is 402 g/mol. The zero-order valence-corrected chi connectivity index (χ0v) is 16.8. The van der Waals surface area contributed by atoms with Crippen LogP contribution in [0.25, 0.3) is 0 Å². The summed E-state index contributed by atoms with van der Waals surface area (Å²) in [5.41, 5.74) is 2.84. The minimum atomic E-state index is -0.239. The monoisotopic (exact) mass is 401 g/mol. The van der Waals surface area contributed by atoms with Crippen LogP contribution in [-0.4, -0.2) is 37.1 Å². The Morgan fingerprint density at radius 2 is 2.00 bits per heavy atom. The van der Waals surface area contributed by atoms with E-state index >= 15 is 0 Å². The van der Waals surface area contributed by atoms with E-state index in [0.29, 0.717) is 13.1 Å². The number of amides is 2. The lowest BCUT2D eigenvalue weighted by atomic mass is 9.74. The normalized spacial score (nSPS) is 18.3. The van der Waals surface area contributed by atoms with Crippen molar-refractivity contribution in [2.24, 2.45) is 0 Å². The quantitative estimate of drug-likeness (QED) is 0.818. The van der Waals surface area contributed by atoms with Gasteiger partial charge in [0.15, 0.2) is 0 Å². The van der Waals surface area contributed by atoms with Crippen LogP contribution in [0.4, 0.5) is 14.9 Å². The van der Waals surface area contributed by atoms with Crippen LogP contribution in [0.2, 0.25) is 5.02 Å². The molecule has 6 heteroatoms. The van der Waals surface area contributed by atoms with Gasteiger partial charge in [0.05, 0.1) is 0 Å². The molecule has 2 aliphatic rings. The molecule has 0 unspecified atom stereocenters. The van der Waals surface area contributed by atoms with Crippen molar-refractivity contribution >= 4 is 23.3 Å². The fourth-order valence-electron chi connectivity index (χ4n) is 4.53. The standard InChI is InChI=1S/C22H25ClFN3O/c1-2-25-21(28)27-15-22(19-13-18(24)6-7-20(19)27)8-10-26(11-9-22)14-16-4-3-5-17(23)12-16/h3-7,12-13H,2,8-11,14-15H2,1H3,(H,25,28). The van der Waals surface area contributed by atoms with Gasteiger partial charge < -0.3 is 5.32 Å². The highest BCUT2D eigenvalue weighted by Gasteiger charge is 2.46. The van der Waals surface area contributed by atoms with Crippen molar-refractivity contribution in [3.63, 3.8) is 0 Å². The Labute approximate surface area is 170 Å². The van der Waals surface area contributed by atoms with Crippen molar-refractivity contribution in [3.05, 3.63) is 64.4 Å². The number of fused-ring (bicyclic) bond motifs is 2. The lowest BCUT2D eigenvalue weighted by Crippen LogP contribution is -2.47. The third kappa shape index (κ3) is 3.61. The molecule has 2 heterocycles. The molecule has 2 amide bonds. The maximum absolute atomic E-state index is 14.0. The number of rotatable bonds is 3. The maximum atomic E-state index is 14.0. The fraction of sp³-hybridized carbons (Fsp3) is 0.409. The molecule has 2 aromatic rings. The van der Waals surface area contributed by atoms with Crippen molar-refractivity contribution in [1.29, 1.82) is 0 Å². The Morgan fingerprint density at radius 3 is 2.71 bits per heavy atom. The molecule has 0 aromatic heterocycles. The van der Waals surface area contributed by atoms with Gasteiger partial charge in [0.2, 0.25) is 0 Å². The minimum absolute atomic E-state index is 0.103. The molecule has 2 aromatic carbocycles. The summed E-state index contributed by atoms with van der Waals surface area (Å²) >= 11 is 6.11. The summed E-state index contributed by atoms with van der Waals surface area (Å²) in [5.74, 6) is -0.239. The summed E-state index contributed by atoms with van der Waals surface area (Å²) in [7, 11) is 0. The van der Waals surface area contributed by atoms with Crippen LogP contribution in [0, 0.1) is 5.82 Å². The molecule has 4 nitrogen and oxygen atoms in total. The molecule has 1 N–H and O–H groups in total. The van der Waals surface area contributed by atoms with Crippen LogP contribution < -0.4 is 10.2 Å². The van der Waals surface area contributed by atoms with Gasteiger partial charge in [-0.2, -0.15) is 0 Å². The number of nitrogens with zero attached hydrogens (tertiary/aromatic N) is 2. The summed E-state index contributed by atoms with van der Waals surface area (Å²) in [6, 6.07) is 12.7. The Kier molecular flexibility index (Phi) is 5.30. The SMILES string of the molecule is CCNC(=O)N1CC2(CCN(Cc3cccc(Cl)c3)CC2)c2cc(F)ccc21. The van der Waals surface area contributed by atoms with Crippen molar-refractivity contribution in [1.82, 2.24) is 10.2 Å². The molecule has 1 spiro atoms. The number of likely N-dealkylation sites (tertiary alicyclic amines) is 1. The number of carbonyl (C=O) groups excluding carboxylic acids is 1. The zero-order chi connectivity index (χ0) is 19.7. The highest BCUT2D eigenvalue weighted by molar-refractivity contribution is 6.30. The number of halogens is 2. The van der Waals surface area contributed by atoms with Crippen molar-refractivity contribution < 1.29 is 9.18 Å². The maximum Gasteiger partial charge on any atom is 0.321 e. The molecular formula is C22H25ClFN3O. The number of carbonyl (C=O) groups is 1. The number of hydrogen-bond acceptors (Lipinski definition) is 2. The minimum Gasteiger partial charge on any atom is -0.338 e. The first kappa shape index (κ1) is 19.2. The zero-order valence-electron chi connectivity index (χ0n) is 16.0. The molecule has 2 aliphatic heterocycles. The van der Waals surface area contributed by atoms with Gasteiger partial charge in [-0.25, -0.2) is 9.18 Å². The predicted molar refractivity (Wildman–Crippen MR) is 110 cm³/mol. The van der Waals surface area contributed by atoms with E-state index in [-0.39, 0.29) is 17.3 Å². The summed E-state index contributed by atoms with van der Waals surface area (Å²) in [4.78, 5) is 16.7. The molecule has 28 heavy (non-hydrogen) atoms. The van der Waals surface area contributed by atoms with E-state index in [0.717, 1.165) is 48.7 Å². The Morgan fingerprint density at radius 1 is 1.21 bits per heavy atom. The van der Waals surface area contributed by atoms with Crippen LogP contribution in [0.15, 0.2) is 42.5 Å². The Hall–Kier alpha value is -2.11. The predicted octanol–water partition coefficient (Wildman–Crippen LogP) is 4.56. The molecule has 148 valence electrons. The summed E-state index contributed by atoms with van der Waals surface area (Å²) in [6.07, 6.45) is 1.81. The highest BCUT2D eigenvalue weighted by Crippen LogP contribution is 2.47. The molecule has 0 radical (unpaired) electrons. The van der Waals surface area contributed by atoms with Gasteiger partial charge in [0, 0.05) is 35.8 Å². The second kappa shape index (κ2) is 7.72. The van der Waals surface area contributed by atoms with Gasteiger partial charge in [-0.3, -0.25) is 9.80 Å². The third-order valence-corrected chi connectivity index (χ3v) is 6.20. The van der Waals surface area contributed by atoms with Crippen LogP contribution in [0.3, 0.4) is 0 Å². The van der Waals surface area contributed by atoms with E-state index in [1.807, 2.05) is 25.1 Å². The first-order valence-electron chi connectivity index (χ1n) is 9.83. The van der Waals surface area contributed by atoms with Crippen molar-refractivity contribution in [2.45, 2.75) is 31.7 Å². The molecule has 0 bridgehead atoms. The second-order valence-corrected chi connectivity index (χ2v) is 8.21. The second-order valence-electron chi connectivity index (χ2n) is 7.77. The van der Waals surface area contributed by atoms with E-state index in [4.69, 9.17) is 11.6 Å². The largest absolute Gasteiger partial charge is 0.338 e. The number of anilines is 1. The van der Waals surface area contributed by atoms with Gasteiger partial charge in [0.1, 0.15) is 5.82 Å². The van der Waals surface area contributed by atoms with Gasteiger partial charge in [0.25, 0.3) is 0 Å². The molecular weight excluding hydrogens is 377 g/mol. The van der Waals surface area contributed by atoms with E-state index in [9.17, 15) is 9.18 Å². The number of piperidine rings is 1. The molecule has 0 atom stereocenters. The van der Waals surface area contributed by atoms with Gasteiger partial charge in [-0.15, -0.1) is 0 Å². The van der Waals surface area contributed by atoms with E-state index in [1.54, 1.807) is 17.0 Å². The van der Waals surface area contributed by atoms with Crippen molar-refractivity contribution in [2.75, 3.05) is 31.1 Å². The van der Waals surface area contributed by atoms with Gasteiger partial charge >= 0.3 is 6.03 Å². The molecule has 1 fully saturated rings. The van der Waals surface area contributed by atoms with Crippen LogP contribution in [0.5, 0.6) is 0 Å². The number of nitrogens with one attached hydrogen (secondary N) is 1. The number of urea groups is 1. The van der Waals surface area contributed by atoms with Crippen LogP contribution in [0.1, 0.15) is 30.9 Å². The fourth-order valence-corrected chi connectivity index (χ4v) is 4.74. The lowest BCUT2D eigenvalue weighted by Gasteiger charge is -2.40. The molecule has 4 rings (SSSR count). The molecule has 1 saturated heterocycles. The third-order valence-electron chi connectivity index (χ3n) is 5.96. The Bertz CT molecular complexity index is 880. The van der Waals surface area contributed by atoms with Gasteiger partial charge in [-0.05, 0) is 74.3 Å². The number of hydrogen-bond donors (Lipinski definition) is 1. The summed E-state index contributed by atoms with van der Waals surface area (Å²) < 4.78 is 14.0. The lowest BCUT2D eigenvalue weighted by molar-refractivity contribution is 0.159. The average Bonchev–Trinajstić information content (AvgIpc) is 2.98. The first-order chi connectivity index (χ1) is 13.5. The Balaban J connectivity index is 1.53.